The summed E-state index contributed by atoms with van der Waals surface area (Å²) < 4.78 is 14.6. The van der Waals surface area contributed by atoms with E-state index in [0.29, 0.717) is 0 Å². The van der Waals surface area contributed by atoms with Gasteiger partial charge in [0.1, 0.15) is 5.69 Å². The van der Waals surface area contributed by atoms with Crippen LogP contribution in [0.4, 0.5) is 0 Å². The van der Waals surface area contributed by atoms with Gasteiger partial charge in [-0.05, 0) is 74.3 Å². The van der Waals surface area contributed by atoms with Gasteiger partial charge < -0.3 is 9.31 Å². The molecule has 0 radical (unpaired) electrons. The molecule has 34 heavy (non-hydrogen) atoms. The normalized spacial score (nSPS) is 19.3. The predicted octanol–water partition coefficient (Wildman–Crippen LogP) is 5.65. The average molecular weight is 457 g/mol. The van der Waals surface area contributed by atoms with Crippen molar-refractivity contribution in [1.29, 1.82) is 0 Å². The molecule has 5 nitrogen and oxygen atoms in total. The molecule has 0 saturated carbocycles. The second kappa shape index (κ2) is 8.06. The molecule has 1 aliphatic carbocycles. The number of fused-ring (bicyclic) bond motifs is 3. The van der Waals surface area contributed by atoms with Crippen molar-refractivity contribution in [3.63, 3.8) is 0 Å². The fourth-order valence-electron chi connectivity index (χ4n) is 5.79. The van der Waals surface area contributed by atoms with E-state index in [0.717, 1.165) is 42.4 Å². The van der Waals surface area contributed by atoms with Crippen molar-refractivity contribution in [3.8, 4) is 22.4 Å². The summed E-state index contributed by atoms with van der Waals surface area (Å²) in [4.78, 5) is 0. The number of hydrogen-bond donors (Lipinski definition) is 0. The second-order valence-electron chi connectivity index (χ2n) is 11.0. The fourth-order valence-corrected chi connectivity index (χ4v) is 5.79. The van der Waals surface area contributed by atoms with E-state index >= 15 is 0 Å². The zero-order chi connectivity index (χ0) is 24.3. The first-order chi connectivity index (χ1) is 16.1. The molecule has 0 amide bonds. The maximum absolute atomic E-state index is 6.41. The van der Waals surface area contributed by atoms with Crippen LogP contribution in [0.25, 0.3) is 22.4 Å². The van der Waals surface area contributed by atoms with Crippen LogP contribution in [0.5, 0.6) is 0 Å². The zero-order valence-corrected chi connectivity index (χ0v) is 21.6. The molecule has 2 aliphatic rings. The van der Waals surface area contributed by atoms with E-state index in [2.05, 4.69) is 88.3 Å². The van der Waals surface area contributed by atoms with E-state index in [1.165, 1.54) is 22.3 Å². The van der Waals surface area contributed by atoms with Crippen molar-refractivity contribution in [3.05, 3.63) is 53.7 Å². The molecular weight excluding hydrogens is 421 g/mol. The molecular formula is C28H36BN3O2. The minimum Gasteiger partial charge on any atom is -0.399 e. The first-order valence-corrected chi connectivity index (χ1v) is 12.6. The summed E-state index contributed by atoms with van der Waals surface area (Å²) in [6, 6.07) is 13.7. The van der Waals surface area contributed by atoms with Gasteiger partial charge in [-0.3, -0.25) is 4.68 Å². The van der Waals surface area contributed by atoms with Crippen LogP contribution in [-0.2, 0) is 21.8 Å². The Hall–Kier alpha value is -2.44. The second-order valence-corrected chi connectivity index (χ2v) is 11.0. The quantitative estimate of drug-likeness (QED) is 0.449. The molecule has 1 aromatic heterocycles. The van der Waals surface area contributed by atoms with Crippen LogP contribution in [-0.4, -0.2) is 33.3 Å². The van der Waals surface area contributed by atoms with Crippen LogP contribution in [0.15, 0.2) is 42.6 Å². The van der Waals surface area contributed by atoms with Crippen LogP contribution >= 0.6 is 0 Å². The first-order valence-electron chi connectivity index (χ1n) is 12.6. The summed E-state index contributed by atoms with van der Waals surface area (Å²) in [5.41, 5.74) is 7.93. The molecule has 0 atom stereocenters. The molecule has 2 heterocycles. The number of benzene rings is 2. The van der Waals surface area contributed by atoms with Gasteiger partial charge in [-0.15, -0.1) is 5.10 Å². The molecule has 0 spiro atoms. The molecule has 1 aliphatic heterocycles. The van der Waals surface area contributed by atoms with Crippen molar-refractivity contribution in [2.45, 2.75) is 83.8 Å². The Bertz CT molecular complexity index is 1210. The van der Waals surface area contributed by atoms with Crippen LogP contribution < -0.4 is 5.46 Å². The molecule has 5 rings (SSSR count). The number of rotatable bonds is 6. The minimum atomic E-state index is -0.352. The number of aryl methyl sites for hydroxylation is 1. The van der Waals surface area contributed by atoms with Crippen LogP contribution in [0.1, 0.15) is 78.4 Å². The largest absolute Gasteiger partial charge is 0.494 e. The van der Waals surface area contributed by atoms with Crippen molar-refractivity contribution >= 4 is 12.6 Å². The molecule has 1 fully saturated rings. The Morgan fingerprint density at radius 3 is 2.00 bits per heavy atom. The summed E-state index contributed by atoms with van der Waals surface area (Å²) in [5.74, 6) is 0. The van der Waals surface area contributed by atoms with Gasteiger partial charge in [0.05, 0.1) is 17.4 Å². The standard InChI is InChI=1S/C28H36BN3O2/c1-8-14-28(15-9-2)23-16-19(25-18-32(7)31-30-25)10-12-21(23)22-13-11-20(17-24(22)28)29-33-26(3,4)27(5,6)34-29/h10-13,16-18H,8-9,14-15H2,1-7H3. The van der Waals surface area contributed by atoms with E-state index in [1.807, 2.05) is 13.2 Å². The highest BCUT2D eigenvalue weighted by atomic mass is 16.7. The van der Waals surface area contributed by atoms with Crippen molar-refractivity contribution in [2.24, 2.45) is 7.05 Å². The van der Waals surface area contributed by atoms with E-state index in [1.54, 1.807) is 4.68 Å². The van der Waals surface area contributed by atoms with E-state index < -0.39 is 0 Å². The van der Waals surface area contributed by atoms with Crippen LogP contribution in [0.2, 0.25) is 0 Å². The van der Waals surface area contributed by atoms with Gasteiger partial charge in [-0.2, -0.15) is 0 Å². The highest BCUT2D eigenvalue weighted by Gasteiger charge is 2.52. The first kappa shape index (κ1) is 23.3. The summed E-state index contributed by atoms with van der Waals surface area (Å²) in [6.07, 6.45) is 6.45. The Morgan fingerprint density at radius 1 is 0.853 bits per heavy atom. The third-order valence-corrected chi connectivity index (χ3v) is 8.16. The monoisotopic (exact) mass is 457 g/mol. The highest BCUT2D eigenvalue weighted by molar-refractivity contribution is 6.62. The number of hydrogen-bond acceptors (Lipinski definition) is 4. The van der Waals surface area contributed by atoms with Crippen LogP contribution in [0, 0.1) is 0 Å². The lowest BCUT2D eigenvalue weighted by Crippen LogP contribution is -2.41. The van der Waals surface area contributed by atoms with E-state index in [9.17, 15) is 0 Å². The average Bonchev–Trinajstić information content (AvgIpc) is 3.40. The summed E-state index contributed by atoms with van der Waals surface area (Å²) in [6.45, 7) is 13.0. The minimum absolute atomic E-state index is 0.0218. The summed E-state index contributed by atoms with van der Waals surface area (Å²) in [7, 11) is 1.56. The third kappa shape index (κ3) is 3.45. The van der Waals surface area contributed by atoms with Gasteiger partial charge in [0, 0.05) is 18.0 Å². The van der Waals surface area contributed by atoms with Crippen molar-refractivity contribution in [1.82, 2.24) is 15.0 Å². The Labute approximate surface area is 204 Å². The molecule has 0 unspecified atom stereocenters. The SMILES string of the molecule is CCCC1(CCC)c2cc(B3OC(C)(C)C(C)(C)O3)ccc2-c2ccc(-c3cn(C)nn3)cc21. The molecule has 0 bridgehead atoms. The smallest absolute Gasteiger partial charge is 0.399 e. The maximum Gasteiger partial charge on any atom is 0.494 e. The van der Waals surface area contributed by atoms with Crippen LogP contribution in [0.3, 0.4) is 0 Å². The number of nitrogens with zero attached hydrogens (tertiary/aromatic N) is 3. The predicted molar refractivity (Wildman–Crippen MR) is 138 cm³/mol. The third-order valence-electron chi connectivity index (χ3n) is 8.16. The lowest BCUT2D eigenvalue weighted by Gasteiger charge is -2.32. The summed E-state index contributed by atoms with van der Waals surface area (Å²) in [5, 5.41) is 8.53. The molecule has 0 N–H and O–H groups in total. The highest BCUT2D eigenvalue weighted by Crippen LogP contribution is 2.54. The van der Waals surface area contributed by atoms with Gasteiger partial charge in [-0.25, -0.2) is 0 Å². The Morgan fingerprint density at radius 2 is 1.44 bits per heavy atom. The fraction of sp³-hybridized carbons (Fsp3) is 0.500. The molecule has 3 aromatic rings. The molecule has 2 aromatic carbocycles. The summed E-state index contributed by atoms with van der Waals surface area (Å²) >= 11 is 0. The van der Waals surface area contributed by atoms with Gasteiger partial charge in [0.2, 0.25) is 0 Å². The lowest BCUT2D eigenvalue weighted by molar-refractivity contribution is 0.00578. The zero-order valence-electron chi connectivity index (χ0n) is 21.6. The van der Waals surface area contributed by atoms with Gasteiger partial charge in [0.15, 0.2) is 0 Å². The van der Waals surface area contributed by atoms with E-state index in [-0.39, 0.29) is 23.7 Å². The molecule has 178 valence electrons. The lowest BCUT2D eigenvalue weighted by atomic mass is 9.69. The maximum atomic E-state index is 6.41. The molecule has 1 saturated heterocycles. The Balaban J connectivity index is 1.64. The van der Waals surface area contributed by atoms with E-state index in [4.69, 9.17) is 9.31 Å². The topological polar surface area (TPSA) is 49.2 Å². The van der Waals surface area contributed by atoms with Gasteiger partial charge >= 0.3 is 7.12 Å². The Kier molecular flexibility index (Phi) is 5.53. The van der Waals surface area contributed by atoms with Crippen molar-refractivity contribution in [2.75, 3.05) is 0 Å². The van der Waals surface area contributed by atoms with Gasteiger partial charge in [0.25, 0.3) is 0 Å². The molecule has 6 heteroatoms. The van der Waals surface area contributed by atoms with Crippen molar-refractivity contribution < 1.29 is 9.31 Å². The number of aromatic nitrogens is 3. The van der Waals surface area contributed by atoms with Gasteiger partial charge in [-0.1, -0.05) is 62.2 Å².